The molecule has 10 heteroatoms. The number of nitrogen functional groups attached to an aromatic ring is 1. The van der Waals surface area contributed by atoms with Gasteiger partial charge >= 0.3 is 5.97 Å². The molecular weight excluding hydrogens is 390 g/mol. The highest BCUT2D eigenvalue weighted by molar-refractivity contribution is 7.99. The number of carbonyl (C=O) groups excluding carboxylic acids is 2. The van der Waals surface area contributed by atoms with Crippen molar-refractivity contribution in [2.24, 2.45) is 5.92 Å². The van der Waals surface area contributed by atoms with E-state index in [9.17, 15) is 9.59 Å². The lowest BCUT2D eigenvalue weighted by molar-refractivity contribution is -0.146. The van der Waals surface area contributed by atoms with Gasteiger partial charge in [0, 0.05) is 10.6 Å². The number of nitrogens with one attached hydrogen (secondary N) is 1. The zero-order valence-corrected chi connectivity index (χ0v) is 16.9. The number of hydrogen-bond acceptors (Lipinski definition) is 7. The van der Waals surface area contributed by atoms with Crippen molar-refractivity contribution in [3.05, 3.63) is 29.3 Å². The molecule has 0 radical (unpaired) electrons. The minimum atomic E-state index is -0.687. The van der Waals surface area contributed by atoms with Crippen molar-refractivity contribution in [3.8, 4) is 11.4 Å². The smallest absolute Gasteiger partial charge is 0.328 e. The molecule has 1 aromatic carbocycles. The summed E-state index contributed by atoms with van der Waals surface area (Å²) in [6, 6.07) is 6.34. The molecule has 0 saturated heterocycles. The Kier molecular flexibility index (Phi) is 7.49. The van der Waals surface area contributed by atoms with Crippen LogP contribution in [-0.4, -0.2) is 45.7 Å². The molecule has 0 aliphatic heterocycles. The summed E-state index contributed by atoms with van der Waals surface area (Å²) in [7, 11) is 1.30. The average molecular weight is 412 g/mol. The van der Waals surface area contributed by atoms with Gasteiger partial charge < -0.3 is 15.9 Å². The Morgan fingerprint density at radius 2 is 2.00 bits per heavy atom. The molecule has 0 bridgehead atoms. The van der Waals surface area contributed by atoms with Crippen molar-refractivity contribution in [1.29, 1.82) is 0 Å². The van der Waals surface area contributed by atoms with Crippen LogP contribution in [0.3, 0.4) is 0 Å². The number of esters is 1. The maximum atomic E-state index is 12.2. The lowest BCUT2D eigenvalue weighted by atomic mass is 9.99. The van der Waals surface area contributed by atoms with E-state index in [1.54, 1.807) is 24.3 Å². The number of aromatic nitrogens is 3. The van der Waals surface area contributed by atoms with Gasteiger partial charge in [-0.3, -0.25) is 4.79 Å². The summed E-state index contributed by atoms with van der Waals surface area (Å²) < 4.78 is 6.08. The number of ether oxygens (including phenoxy) is 1. The normalized spacial score (nSPS) is 13.0. The molecule has 3 N–H and O–H groups in total. The third-order valence-corrected chi connectivity index (χ3v) is 5.28. The first-order chi connectivity index (χ1) is 12.9. The molecule has 2 atom stereocenters. The van der Waals surface area contributed by atoms with Gasteiger partial charge in [-0.25, -0.2) is 9.47 Å². The molecule has 0 aliphatic rings. The number of nitrogens with zero attached hydrogens (tertiary/aromatic N) is 3. The van der Waals surface area contributed by atoms with Gasteiger partial charge in [-0.2, -0.15) is 0 Å². The molecule has 1 heterocycles. The fourth-order valence-corrected chi connectivity index (χ4v) is 3.11. The minimum absolute atomic E-state index is 0.0407. The lowest BCUT2D eigenvalue weighted by Crippen LogP contribution is -2.46. The number of nitrogens with two attached hydrogens (primary N) is 1. The van der Waals surface area contributed by atoms with Crippen LogP contribution in [0, 0.1) is 5.92 Å². The minimum Gasteiger partial charge on any atom is -0.467 e. The summed E-state index contributed by atoms with van der Waals surface area (Å²) in [5.41, 5.74) is 0.758. The molecule has 0 fully saturated rings. The molecule has 2 rings (SSSR count). The van der Waals surface area contributed by atoms with Gasteiger partial charge in [0.25, 0.3) is 0 Å². The van der Waals surface area contributed by atoms with Gasteiger partial charge in [0.15, 0.2) is 5.82 Å². The van der Waals surface area contributed by atoms with Crippen LogP contribution in [-0.2, 0) is 14.3 Å². The van der Waals surface area contributed by atoms with E-state index in [0.717, 1.165) is 23.7 Å². The van der Waals surface area contributed by atoms with Gasteiger partial charge in [0.1, 0.15) is 6.04 Å². The molecule has 0 saturated carbocycles. The predicted molar refractivity (Wildman–Crippen MR) is 105 cm³/mol. The van der Waals surface area contributed by atoms with Crippen LogP contribution >= 0.6 is 23.4 Å². The molecule has 0 unspecified atom stereocenters. The molecule has 27 heavy (non-hydrogen) atoms. The fraction of sp³-hybridized carbons (Fsp3) is 0.412. The van der Waals surface area contributed by atoms with Crippen molar-refractivity contribution >= 4 is 35.2 Å². The van der Waals surface area contributed by atoms with Crippen LogP contribution in [0.5, 0.6) is 0 Å². The van der Waals surface area contributed by atoms with Gasteiger partial charge in [-0.15, -0.1) is 10.2 Å². The number of halogens is 1. The second-order valence-electron chi connectivity index (χ2n) is 5.93. The third-order valence-electron chi connectivity index (χ3n) is 4.08. The number of thioether (sulfide) groups is 1. The Bertz CT molecular complexity index is 796. The number of carbonyl (C=O) groups is 2. The van der Waals surface area contributed by atoms with Gasteiger partial charge in [-0.05, 0) is 30.2 Å². The van der Waals surface area contributed by atoms with E-state index in [1.165, 1.54) is 11.8 Å². The average Bonchev–Trinajstić information content (AvgIpc) is 3.04. The van der Waals surface area contributed by atoms with Crippen molar-refractivity contribution in [2.75, 3.05) is 18.7 Å². The molecule has 1 amide bonds. The molecule has 0 aliphatic carbocycles. The maximum Gasteiger partial charge on any atom is 0.328 e. The second kappa shape index (κ2) is 9.61. The van der Waals surface area contributed by atoms with E-state index in [2.05, 4.69) is 15.5 Å². The van der Waals surface area contributed by atoms with Crippen molar-refractivity contribution in [3.63, 3.8) is 0 Å². The van der Waals surface area contributed by atoms with Crippen molar-refractivity contribution in [2.45, 2.75) is 31.5 Å². The maximum absolute atomic E-state index is 12.2. The first-order valence-corrected chi connectivity index (χ1v) is 9.70. The van der Waals surface area contributed by atoms with Crippen LogP contribution in [0.2, 0.25) is 5.02 Å². The number of benzene rings is 1. The topological polar surface area (TPSA) is 112 Å². The summed E-state index contributed by atoms with van der Waals surface area (Å²) in [4.78, 5) is 24.1. The van der Waals surface area contributed by atoms with Crippen LogP contribution in [0.25, 0.3) is 11.4 Å². The molecule has 8 nitrogen and oxygen atoms in total. The first kappa shape index (κ1) is 21.0. The highest BCUT2D eigenvalue weighted by atomic mass is 35.5. The fourth-order valence-electron chi connectivity index (χ4n) is 2.31. The summed E-state index contributed by atoms with van der Waals surface area (Å²) in [6.07, 6.45) is 0.731. The number of hydrogen-bond donors (Lipinski definition) is 2. The van der Waals surface area contributed by atoms with E-state index in [4.69, 9.17) is 22.2 Å². The standard InChI is InChI=1S/C17H22ClN5O3S/c1-4-10(2)14(16(25)26-3)20-13(24)9-27-17-22-21-15(23(17)19)11-5-7-12(18)8-6-11/h5-8,10,14H,4,9,19H2,1-3H3,(H,20,24)/t10-,14-/m1/s1. The van der Waals surface area contributed by atoms with E-state index in [-0.39, 0.29) is 17.6 Å². The Morgan fingerprint density at radius 3 is 2.59 bits per heavy atom. The zero-order chi connectivity index (χ0) is 20.0. The monoisotopic (exact) mass is 411 g/mol. The SMILES string of the molecule is CC[C@@H](C)[C@@H](NC(=O)CSc1nnc(-c2ccc(Cl)cc2)n1N)C(=O)OC. The van der Waals surface area contributed by atoms with Gasteiger partial charge in [-0.1, -0.05) is 43.6 Å². The van der Waals surface area contributed by atoms with Crippen LogP contribution in [0.4, 0.5) is 0 Å². The Balaban J connectivity index is 2.01. The Hall–Kier alpha value is -2.26. The third kappa shape index (κ3) is 5.36. The van der Waals surface area contributed by atoms with E-state index in [1.807, 2.05) is 13.8 Å². The number of rotatable bonds is 8. The molecule has 2 aromatic rings. The Morgan fingerprint density at radius 1 is 1.33 bits per heavy atom. The largest absolute Gasteiger partial charge is 0.467 e. The van der Waals surface area contributed by atoms with Gasteiger partial charge in [0.05, 0.1) is 12.9 Å². The van der Waals surface area contributed by atoms with Gasteiger partial charge in [0.2, 0.25) is 11.1 Å². The lowest BCUT2D eigenvalue weighted by Gasteiger charge is -2.21. The zero-order valence-electron chi connectivity index (χ0n) is 15.3. The van der Waals surface area contributed by atoms with E-state index >= 15 is 0 Å². The van der Waals surface area contributed by atoms with Crippen LogP contribution in [0.1, 0.15) is 20.3 Å². The highest BCUT2D eigenvalue weighted by Crippen LogP contribution is 2.23. The highest BCUT2D eigenvalue weighted by Gasteiger charge is 2.26. The summed E-state index contributed by atoms with van der Waals surface area (Å²) in [6.45, 7) is 3.82. The van der Waals surface area contributed by atoms with E-state index < -0.39 is 12.0 Å². The quantitative estimate of drug-likeness (QED) is 0.388. The van der Waals surface area contributed by atoms with Crippen LogP contribution in [0.15, 0.2) is 29.4 Å². The molecule has 1 aromatic heterocycles. The first-order valence-electron chi connectivity index (χ1n) is 8.33. The molecular formula is C17H22ClN5O3S. The summed E-state index contributed by atoms with van der Waals surface area (Å²) in [5, 5.41) is 11.8. The molecule has 0 spiro atoms. The Labute approximate surface area is 166 Å². The summed E-state index contributed by atoms with van der Waals surface area (Å²) >= 11 is 7.01. The second-order valence-corrected chi connectivity index (χ2v) is 7.30. The van der Waals surface area contributed by atoms with Crippen molar-refractivity contribution in [1.82, 2.24) is 20.2 Å². The van der Waals surface area contributed by atoms with E-state index in [0.29, 0.717) is 16.0 Å². The van der Waals surface area contributed by atoms with Crippen LogP contribution < -0.4 is 11.2 Å². The number of methoxy groups -OCH3 is 1. The molecule has 146 valence electrons. The number of amides is 1. The van der Waals surface area contributed by atoms with Crippen molar-refractivity contribution < 1.29 is 14.3 Å². The predicted octanol–water partition coefficient (Wildman–Crippen LogP) is 2.11. The summed E-state index contributed by atoms with van der Waals surface area (Å²) in [5.74, 6) is 5.72.